The molecule has 2 aromatic rings. The number of benzene rings is 1. The molecule has 2 heterocycles. The smallest absolute Gasteiger partial charge is 0.204 e. The summed E-state index contributed by atoms with van der Waals surface area (Å²) in [6.07, 6.45) is 1.66. The third-order valence-corrected chi connectivity index (χ3v) is 4.95. The lowest BCUT2D eigenvalue weighted by atomic mass is 10.0. The second-order valence-electron chi connectivity index (χ2n) is 4.54. The molecule has 0 spiro atoms. The van der Waals surface area contributed by atoms with Gasteiger partial charge in [-0.3, -0.25) is 4.79 Å². The maximum Gasteiger partial charge on any atom is 0.204 e. The van der Waals surface area contributed by atoms with Gasteiger partial charge >= 0.3 is 0 Å². The third-order valence-electron chi connectivity index (χ3n) is 3.21. The molecule has 0 amide bonds. The fraction of sp³-hybridized carbons (Fsp3) is 0.143. The van der Waals surface area contributed by atoms with E-state index in [0.29, 0.717) is 22.6 Å². The van der Waals surface area contributed by atoms with E-state index in [1.165, 1.54) is 23.9 Å². The van der Waals surface area contributed by atoms with Crippen molar-refractivity contribution in [3.05, 3.63) is 51.3 Å². The van der Waals surface area contributed by atoms with Crippen molar-refractivity contribution in [3.63, 3.8) is 0 Å². The highest BCUT2D eigenvalue weighted by Gasteiger charge is 2.24. The quantitative estimate of drug-likeness (QED) is 0.727. The van der Waals surface area contributed by atoms with Gasteiger partial charge in [0.2, 0.25) is 5.28 Å². The molecule has 0 radical (unpaired) electrons. The highest BCUT2D eigenvalue weighted by atomic mass is 35.5. The number of thioether (sulfide) groups is 1. The molecule has 1 aliphatic heterocycles. The first-order valence-corrected chi connectivity index (χ1v) is 7.77. The van der Waals surface area contributed by atoms with Gasteiger partial charge in [0.25, 0.3) is 0 Å². The first-order valence-electron chi connectivity index (χ1n) is 6.02. The molecular weight excluding hydrogens is 334 g/mol. The summed E-state index contributed by atoms with van der Waals surface area (Å²) >= 11 is 13.4. The molecule has 0 saturated heterocycles. The number of rotatable bonds is 1. The number of Topliss-reactive ketones (excluding diaryl/α,β-unsaturated/α-hetero) is 1. The van der Waals surface area contributed by atoms with E-state index in [4.69, 9.17) is 23.2 Å². The van der Waals surface area contributed by atoms with E-state index in [-0.39, 0.29) is 16.2 Å². The van der Waals surface area contributed by atoms with Crippen LogP contribution in [-0.4, -0.2) is 21.1 Å². The minimum Gasteiger partial charge on any atom is -0.317 e. The summed E-state index contributed by atoms with van der Waals surface area (Å²) in [5, 5.41) is 0.479. The lowest BCUT2D eigenvalue weighted by Crippen LogP contribution is -2.13. The van der Waals surface area contributed by atoms with Crippen molar-refractivity contribution in [2.45, 2.75) is 4.90 Å². The second-order valence-corrected chi connectivity index (χ2v) is 6.26. The Morgan fingerprint density at radius 1 is 1.43 bits per heavy atom. The summed E-state index contributed by atoms with van der Waals surface area (Å²) in [5.41, 5.74) is 1.48. The van der Waals surface area contributed by atoms with Gasteiger partial charge < -0.3 is 4.57 Å². The molecular formula is C14H9Cl2FN2OS. The van der Waals surface area contributed by atoms with Crippen LogP contribution >= 0.6 is 35.0 Å². The van der Waals surface area contributed by atoms with Gasteiger partial charge in [-0.2, -0.15) is 0 Å². The number of hydrogen-bond acceptors (Lipinski definition) is 3. The van der Waals surface area contributed by atoms with Crippen LogP contribution in [0, 0.1) is 5.82 Å². The van der Waals surface area contributed by atoms with Crippen molar-refractivity contribution in [1.29, 1.82) is 0 Å². The molecule has 7 heteroatoms. The predicted molar refractivity (Wildman–Crippen MR) is 82.7 cm³/mol. The largest absolute Gasteiger partial charge is 0.317 e. The maximum atomic E-state index is 13.3. The van der Waals surface area contributed by atoms with Crippen LogP contribution in [0.5, 0.6) is 0 Å². The number of hydrogen-bond donors (Lipinski definition) is 0. The highest BCUT2D eigenvalue weighted by molar-refractivity contribution is 7.99. The van der Waals surface area contributed by atoms with Gasteiger partial charge in [-0.15, -0.1) is 11.8 Å². The molecule has 0 atom stereocenters. The van der Waals surface area contributed by atoms with Gasteiger partial charge in [-0.1, -0.05) is 11.6 Å². The number of ketones is 1. The van der Waals surface area contributed by atoms with Gasteiger partial charge in [0, 0.05) is 28.8 Å². The average molecular weight is 343 g/mol. The van der Waals surface area contributed by atoms with Crippen LogP contribution in [0.1, 0.15) is 16.1 Å². The third kappa shape index (κ3) is 2.61. The number of imidazole rings is 1. The van der Waals surface area contributed by atoms with Crippen LogP contribution < -0.4 is 0 Å². The van der Waals surface area contributed by atoms with Crippen molar-refractivity contribution in [2.75, 3.05) is 5.75 Å². The van der Waals surface area contributed by atoms with Crippen LogP contribution in [-0.2, 0) is 7.05 Å². The molecule has 3 nitrogen and oxygen atoms in total. The van der Waals surface area contributed by atoms with Crippen molar-refractivity contribution in [3.8, 4) is 0 Å². The van der Waals surface area contributed by atoms with Crippen molar-refractivity contribution < 1.29 is 9.18 Å². The van der Waals surface area contributed by atoms with Gasteiger partial charge in [0.05, 0.1) is 5.69 Å². The summed E-state index contributed by atoms with van der Waals surface area (Å²) in [6, 6.07) is 4.24. The Morgan fingerprint density at radius 3 is 2.86 bits per heavy atom. The molecule has 3 rings (SSSR count). The number of aromatic nitrogens is 2. The van der Waals surface area contributed by atoms with Gasteiger partial charge in [-0.25, -0.2) is 9.37 Å². The Hall–Kier alpha value is -1.30. The van der Waals surface area contributed by atoms with Gasteiger partial charge in [0.15, 0.2) is 10.9 Å². The van der Waals surface area contributed by atoms with Crippen LogP contribution in [0.2, 0.25) is 10.4 Å². The van der Waals surface area contributed by atoms with Gasteiger partial charge in [-0.05, 0) is 35.9 Å². The normalized spacial score (nSPS) is 16.4. The Kier molecular flexibility index (Phi) is 3.82. The van der Waals surface area contributed by atoms with E-state index in [1.54, 1.807) is 23.8 Å². The van der Waals surface area contributed by atoms with Crippen molar-refractivity contribution >= 4 is 46.8 Å². The molecule has 21 heavy (non-hydrogen) atoms. The lowest BCUT2D eigenvalue weighted by molar-refractivity contribution is 0.103. The first-order chi connectivity index (χ1) is 9.97. The van der Waals surface area contributed by atoms with E-state index in [2.05, 4.69) is 4.98 Å². The molecule has 108 valence electrons. The number of fused-ring (bicyclic) bond motifs is 1. The number of carbonyl (C=O) groups is 1. The molecule has 1 aromatic heterocycles. The first kappa shape index (κ1) is 14.6. The number of halogens is 3. The molecule has 0 aliphatic carbocycles. The Bertz CT molecular complexity index is 786. The maximum absolute atomic E-state index is 13.3. The second kappa shape index (κ2) is 5.48. The zero-order valence-electron chi connectivity index (χ0n) is 10.9. The van der Waals surface area contributed by atoms with Gasteiger partial charge in [0.1, 0.15) is 5.82 Å². The molecule has 0 unspecified atom stereocenters. The van der Waals surface area contributed by atoms with E-state index >= 15 is 0 Å². The van der Waals surface area contributed by atoms with Crippen LogP contribution in [0.15, 0.2) is 28.7 Å². The predicted octanol–water partition coefficient (Wildman–Crippen LogP) is 4.24. The standard InChI is InChI=1S/C14H9Cl2FN2OS/c1-19-10(13(15)18-14(19)16)4-7-6-21-11-3-2-8(17)5-9(11)12(7)20/h2-5H,6H2,1H3/b7-4+. The minimum absolute atomic E-state index is 0.198. The SMILES string of the molecule is Cn1c(Cl)nc(Cl)c1/C=C1\CSc2ccc(F)cc2C1=O. The van der Waals surface area contributed by atoms with Crippen molar-refractivity contribution in [2.24, 2.45) is 7.05 Å². The number of carbonyl (C=O) groups excluding carboxylic acids is 1. The summed E-state index contributed by atoms with van der Waals surface area (Å²) < 4.78 is 14.9. The molecule has 1 aromatic carbocycles. The fourth-order valence-corrected chi connectivity index (χ4v) is 3.56. The summed E-state index contributed by atoms with van der Waals surface area (Å²) in [7, 11) is 1.71. The fourth-order valence-electron chi connectivity index (χ4n) is 2.08. The van der Waals surface area contributed by atoms with Crippen LogP contribution in [0.4, 0.5) is 4.39 Å². The van der Waals surface area contributed by atoms with E-state index < -0.39 is 5.82 Å². The summed E-state index contributed by atoms with van der Waals surface area (Å²) in [5.74, 6) is -0.126. The molecule has 0 bridgehead atoms. The molecule has 0 fully saturated rings. The van der Waals surface area contributed by atoms with E-state index in [9.17, 15) is 9.18 Å². The lowest BCUT2D eigenvalue weighted by Gasteiger charge is -2.17. The Balaban J connectivity index is 2.05. The topological polar surface area (TPSA) is 34.9 Å². The van der Waals surface area contributed by atoms with E-state index in [1.807, 2.05) is 0 Å². The molecule has 0 saturated carbocycles. The summed E-state index contributed by atoms with van der Waals surface area (Å²) in [4.78, 5) is 17.2. The average Bonchev–Trinajstić information content (AvgIpc) is 2.68. The highest BCUT2D eigenvalue weighted by Crippen LogP contribution is 2.34. The Morgan fingerprint density at radius 2 is 2.19 bits per heavy atom. The van der Waals surface area contributed by atoms with Crippen LogP contribution in [0.3, 0.4) is 0 Å². The zero-order chi connectivity index (χ0) is 15.1. The summed E-state index contributed by atoms with van der Waals surface area (Å²) in [6.45, 7) is 0. The molecule has 0 N–H and O–H groups in total. The van der Waals surface area contributed by atoms with E-state index in [0.717, 1.165) is 4.90 Å². The molecule has 1 aliphatic rings. The zero-order valence-corrected chi connectivity index (χ0v) is 13.2. The monoisotopic (exact) mass is 342 g/mol. The minimum atomic E-state index is -0.425. The van der Waals surface area contributed by atoms with Crippen LogP contribution in [0.25, 0.3) is 6.08 Å². The number of nitrogens with zero attached hydrogens (tertiary/aromatic N) is 2. The Labute approximate surface area is 134 Å². The van der Waals surface area contributed by atoms with Crippen molar-refractivity contribution in [1.82, 2.24) is 9.55 Å².